The summed E-state index contributed by atoms with van der Waals surface area (Å²) < 4.78 is 41.8. The number of nitrogens with zero attached hydrogens (tertiary/aromatic N) is 2. The molecule has 1 heterocycles. The molecule has 0 atom stereocenters. The van der Waals surface area contributed by atoms with Crippen LogP contribution in [0.5, 0.6) is 0 Å². The Hall–Kier alpha value is -2.67. The van der Waals surface area contributed by atoms with Gasteiger partial charge in [0.2, 0.25) is 0 Å². The average molecular weight is 419 g/mol. The molecule has 0 saturated carbocycles. The largest absolute Gasteiger partial charge is 0.299 e. The molecular weight excluding hydrogens is 391 g/mol. The third kappa shape index (κ3) is 6.16. The maximum absolute atomic E-state index is 14.4. The molecule has 162 valence electrons. The highest BCUT2D eigenvalue weighted by Gasteiger charge is 2.26. The van der Waals surface area contributed by atoms with Crippen LogP contribution < -0.4 is 5.54 Å². The Labute approximate surface area is 175 Å². The van der Waals surface area contributed by atoms with Crippen LogP contribution >= 0.6 is 0 Å². The number of halogens is 3. The quantitative estimate of drug-likeness (QED) is 0.282. The number of ketones is 1. The molecule has 30 heavy (non-hydrogen) atoms. The van der Waals surface area contributed by atoms with Crippen LogP contribution in [-0.2, 0) is 0 Å². The van der Waals surface area contributed by atoms with E-state index in [4.69, 9.17) is 0 Å². The van der Waals surface area contributed by atoms with Crippen molar-refractivity contribution in [3.05, 3.63) is 70.5 Å². The van der Waals surface area contributed by atoms with E-state index in [1.807, 2.05) is 6.92 Å². The van der Waals surface area contributed by atoms with Crippen molar-refractivity contribution in [2.75, 3.05) is 26.7 Å². The maximum Gasteiger partial charge on any atom is 0.160 e. The molecule has 0 bridgehead atoms. The van der Waals surface area contributed by atoms with Gasteiger partial charge in [-0.05, 0) is 69.5 Å². The summed E-state index contributed by atoms with van der Waals surface area (Å²) in [6.45, 7) is 9.11. The molecule has 0 radical (unpaired) electrons. The van der Waals surface area contributed by atoms with Crippen LogP contribution in [-0.4, -0.2) is 43.6 Å². The number of nitrogens with one attached hydrogen (secondary N) is 1. The number of allylic oxidation sites excluding steroid dienone is 2. The van der Waals surface area contributed by atoms with Crippen molar-refractivity contribution in [2.45, 2.75) is 32.6 Å². The molecule has 4 nitrogen and oxygen atoms in total. The molecule has 1 N–H and O–H groups in total. The van der Waals surface area contributed by atoms with Gasteiger partial charge < -0.3 is 0 Å². The summed E-state index contributed by atoms with van der Waals surface area (Å²) >= 11 is 0. The van der Waals surface area contributed by atoms with Crippen LogP contribution in [0.25, 0.3) is 0 Å². The predicted octanol–water partition coefficient (Wildman–Crippen LogP) is 4.91. The van der Waals surface area contributed by atoms with E-state index in [2.05, 4.69) is 16.5 Å². The number of Topliss-reactive ketones (excluding diaryl/α,β-unsaturated/α-hetero) is 1. The van der Waals surface area contributed by atoms with Crippen LogP contribution in [0.3, 0.4) is 0 Å². The summed E-state index contributed by atoms with van der Waals surface area (Å²) in [6.07, 6.45) is 6.01. The molecule has 1 aromatic carbocycles. The summed E-state index contributed by atoms with van der Waals surface area (Å²) in [5.41, 5.74) is 3.46. The van der Waals surface area contributed by atoms with Crippen LogP contribution in [0.2, 0.25) is 0 Å². The van der Waals surface area contributed by atoms with Crippen molar-refractivity contribution in [3.8, 4) is 0 Å². The number of hydrogen-bond acceptors (Lipinski definition) is 4. The highest BCUT2D eigenvalue weighted by Crippen LogP contribution is 2.32. The van der Waals surface area contributed by atoms with Gasteiger partial charge in [-0.2, -0.15) is 0 Å². The van der Waals surface area contributed by atoms with Crippen LogP contribution in [0.15, 0.2) is 52.7 Å². The first kappa shape index (κ1) is 23.6. The molecular formula is C23H28F3N3O. The van der Waals surface area contributed by atoms with E-state index in [1.54, 1.807) is 18.7 Å². The van der Waals surface area contributed by atoms with E-state index >= 15 is 0 Å². The Morgan fingerprint density at radius 1 is 1.27 bits per heavy atom. The van der Waals surface area contributed by atoms with Gasteiger partial charge >= 0.3 is 0 Å². The van der Waals surface area contributed by atoms with Crippen molar-refractivity contribution in [1.82, 2.24) is 10.4 Å². The monoisotopic (exact) mass is 419 g/mol. The zero-order valence-electron chi connectivity index (χ0n) is 17.6. The van der Waals surface area contributed by atoms with Crippen molar-refractivity contribution in [2.24, 2.45) is 4.99 Å². The van der Waals surface area contributed by atoms with E-state index in [-0.39, 0.29) is 28.5 Å². The number of rotatable bonds is 8. The Bertz CT molecular complexity index is 859. The fourth-order valence-corrected chi connectivity index (χ4v) is 3.68. The van der Waals surface area contributed by atoms with Crippen molar-refractivity contribution in [3.63, 3.8) is 0 Å². The average Bonchev–Trinajstić information content (AvgIpc) is 2.69. The second kappa shape index (κ2) is 10.9. The molecule has 1 fully saturated rings. The van der Waals surface area contributed by atoms with E-state index in [9.17, 15) is 18.1 Å². The zero-order valence-corrected chi connectivity index (χ0v) is 17.6. The third-order valence-corrected chi connectivity index (χ3v) is 5.21. The van der Waals surface area contributed by atoms with Crippen molar-refractivity contribution < 1.29 is 18.1 Å². The van der Waals surface area contributed by atoms with E-state index in [0.29, 0.717) is 38.0 Å². The van der Waals surface area contributed by atoms with Gasteiger partial charge in [-0.15, -0.1) is 4.48 Å². The van der Waals surface area contributed by atoms with Crippen LogP contribution in [0, 0.1) is 11.6 Å². The third-order valence-electron chi connectivity index (χ3n) is 5.21. The molecule has 1 aromatic rings. The van der Waals surface area contributed by atoms with E-state index < -0.39 is 11.6 Å². The molecule has 1 aliphatic rings. The minimum Gasteiger partial charge on any atom is -0.299 e. The Morgan fingerprint density at radius 3 is 2.37 bits per heavy atom. The first-order valence-electron chi connectivity index (χ1n) is 9.84. The maximum atomic E-state index is 14.4. The lowest BCUT2D eigenvalue weighted by atomic mass is 9.87. The van der Waals surface area contributed by atoms with Crippen molar-refractivity contribution in [1.29, 1.82) is 0 Å². The van der Waals surface area contributed by atoms with Crippen molar-refractivity contribution >= 4 is 12.0 Å². The van der Waals surface area contributed by atoms with Crippen LogP contribution in [0.4, 0.5) is 13.3 Å². The number of aliphatic imine (C=N–C) groups is 1. The lowest BCUT2D eigenvalue weighted by molar-refractivity contribution is 0.101. The molecule has 0 aliphatic carbocycles. The highest BCUT2D eigenvalue weighted by molar-refractivity contribution is 5.94. The molecule has 0 unspecified atom stereocenters. The molecule has 2 rings (SSSR count). The molecule has 0 amide bonds. The van der Waals surface area contributed by atoms with Gasteiger partial charge in [-0.25, -0.2) is 14.3 Å². The SMILES string of the molecule is C=C(/C=C(\C)CN1CCC(c2c(F)cc(C(C)=O)cc2F)CC1)/C(=C\C=NC)NF. The summed E-state index contributed by atoms with van der Waals surface area (Å²) in [6, 6.07) is 2.25. The summed E-state index contributed by atoms with van der Waals surface area (Å²) in [5.74, 6) is -1.89. The standard InChI is InChI=1S/C23H28F3N3O/c1-15(11-16(2)22(28-26)5-8-27-4)14-29-9-6-18(7-10-29)23-20(24)12-19(17(3)30)13-21(23)25/h5,8,11-13,18,28H,2,6-7,9-10,14H2,1,3-4H3/b15-11+,22-5+,27-8?. The second-order valence-corrected chi connectivity index (χ2v) is 7.56. The minimum absolute atomic E-state index is 0.0496. The van der Waals surface area contributed by atoms with Gasteiger partial charge in [0, 0.05) is 30.9 Å². The number of hydrogen-bond donors (Lipinski definition) is 1. The topological polar surface area (TPSA) is 44.7 Å². The van der Waals surface area contributed by atoms with Gasteiger partial charge in [-0.1, -0.05) is 18.2 Å². The van der Waals surface area contributed by atoms with Gasteiger partial charge in [0.05, 0.1) is 5.70 Å². The van der Waals surface area contributed by atoms with Gasteiger partial charge in [-0.3, -0.25) is 14.7 Å². The number of benzene rings is 1. The number of piperidine rings is 1. The lowest BCUT2D eigenvalue weighted by Gasteiger charge is -2.32. The Morgan fingerprint density at radius 2 is 1.87 bits per heavy atom. The second-order valence-electron chi connectivity index (χ2n) is 7.56. The molecule has 7 heteroatoms. The van der Waals surface area contributed by atoms with E-state index in [0.717, 1.165) is 17.7 Å². The number of likely N-dealkylation sites (tertiary alicyclic amines) is 1. The Kier molecular flexibility index (Phi) is 8.59. The van der Waals surface area contributed by atoms with Gasteiger partial charge in [0.15, 0.2) is 5.78 Å². The first-order valence-corrected chi connectivity index (χ1v) is 9.84. The minimum atomic E-state index is -0.653. The number of carbonyl (C=O) groups excluding carboxylic acids is 1. The van der Waals surface area contributed by atoms with Gasteiger partial charge in [0.1, 0.15) is 11.6 Å². The zero-order chi connectivity index (χ0) is 22.3. The molecule has 0 spiro atoms. The fourth-order valence-electron chi connectivity index (χ4n) is 3.68. The van der Waals surface area contributed by atoms with E-state index in [1.165, 1.54) is 19.2 Å². The molecule has 1 saturated heterocycles. The lowest BCUT2D eigenvalue weighted by Crippen LogP contribution is -2.34. The van der Waals surface area contributed by atoms with Crippen LogP contribution in [0.1, 0.15) is 48.5 Å². The summed E-state index contributed by atoms with van der Waals surface area (Å²) in [4.78, 5) is 17.4. The smallest absolute Gasteiger partial charge is 0.160 e. The highest BCUT2D eigenvalue weighted by atomic mass is 19.2. The molecule has 0 aromatic heterocycles. The fraction of sp³-hybridized carbons (Fsp3) is 0.391. The normalized spacial score (nSPS) is 16.9. The first-order chi connectivity index (χ1) is 14.3. The molecule has 1 aliphatic heterocycles. The summed E-state index contributed by atoms with van der Waals surface area (Å²) in [5, 5.41) is 0. The number of carbonyl (C=O) groups is 1. The summed E-state index contributed by atoms with van der Waals surface area (Å²) in [7, 11) is 1.59. The van der Waals surface area contributed by atoms with Gasteiger partial charge in [0.25, 0.3) is 0 Å². The Balaban J connectivity index is 1.99. The predicted molar refractivity (Wildman–Crippen MR) is 114 cm³/mol.